The van der Waals surface area contributed by atoms with Gasteiger partial charge in [-0.15, -0.1) is 0 Å². The monoisotopic (exact) mass is 224 g/mol. The van der Waals surface area contributed by atoms with E-state index in [1.54, 1.807) is 0 Å². The second kappa shape index (κ2) is 4.21. The largest absolute Gasteiger partial charge is 0.396 e. The van der Waals surface area contributed by atoms with Crippen LogP contribution in [0.4, 0.5) is 0 Å². The SMILES string of the molecule is Cn1cc(CC(C)(C)CO)c(C(C)(C)C)n1. The second-order valence-electron chi connectivity index (χ2n) is 6.43. The third-order valence-corrected chi connectivity index (χ3v) is 2.71. The predicted molar refractivity (Wildman–Crippen MR) is 66.5 cm³/mol. The van der Waals surface area contributed by atoms with Crippen molar-refractivity contribution in [1.29, 1.82) is 0 Å². The fraction of sp³-hybridized carbons (Fsp3) is 0.769. The Hall–Kier alpha value is -0.830. The van der Waals surface area contributed by atoms with Crippen molar-refractivity contribution in [2.24, 2.45) is 12.5 Å². The zero-order valence-electron chi connectivity index (χ0n) is 11.3. The Morgan fingerprint density at radius 3 is 2.25 bits per heavy atom. The lowest BCUT2D eigenvalue weighted by atomic mass is 9.82. The number of nitrogens with zero attached hydrogens (tertiary/aromatic N) is 2. The van der Waals surface area contributed by atoms with Gasteiger partial charge in [0, 0.05) is 25.3 Å². The topological polar surface area (TPSA) is 38.0 Å². The van der Waals surface area contributed by atoms with Crippen molar-refractivity contribution >= 4 is 0 Å². The Morgan fingerprint density at radius 1 is 1.25 bits per heavy atom. The molecule has 3 heteroatoms. The van der Waals surface area contributed by atoms with Crippen molar-refractivity contribution in [3.8, 4) is 0 Å². The minimum atomic E-state index is -0.0803. The molecule has 0 aliphatic rings. The van der Waals surface area contributed by atoms with Crippen LogP contribution in [-0.2, 0) is 18.9 Å². The summed E-state index contributed by atoms with van der Waals surface area (Å²) in [7, 11) is 1.95. The van der Waals surface area contributed by atoms with Crippen LogP contribution in [-0.4, -0.2) is 21.5 Å². The minimum Gasteiger partial charge on any atom is -0.396 e. The highest BCUT2D eigenvalue weighted by atomic mass is 16.3. The Kier molecular flexibility index (Phi) is 3.48. The maximum atomic E-state index is 9.33. The summed E-state index contributed by atoms with van der Waals surface area (Å²) in [6.07, 6.45) is 2.93. The van der Waals surface area contributed by atoms with Crippen molar-refractivity contribution in [1.82, 2.24) is 9.78 Å². The quantitative estimate of drug-likeness (QED) is 0.855. The summed E-state index contributed by atoms with van der Waals surface area (Å²) in [5.74, 6) is 0. The van der Waals surface area contributed by atoms with E-state index in [1.807, 2.05) is 11.7 Å². The van der Waals surface area contributed by atoms with Crippen molar-refractivity contribution in [2.75, 3.05) is 6.61 Å². The van der Waals surface area contributed by atoms with Gasteiger partial charge >= 0.3 is 0 Å². The van der Waals surface area contributed by atoms with Crippen LogP contribution >= 0.6 is 0 Å². The van der Waals surface area contributed by atoms with Gasteiger partial charge in [-0.05, 0) is 17.4 Å². The van der Waals surface area contributed by atoms with Crippen LogP contribution in [0.15, 0.2) is 6.20 Å². The summed E-state index contributed by atoms with van der Waals surface area (Å²) in [5, 5.41) is 13.9. The molecular weight excluding hydrogens is 200 g/mol. The third-order valence-electron chi connectivity index (χ3n) is 2.71. The maximum Gasteiger partial charge on any atom is 0.0709 e. The van der Waals surface area contributed by atoms with Gasteiger partial charge in [0.05, 0.1) is 5.69 Å². The molecule has 0 saturated carbocycles. The van der Waals surface area contributed by atoms with Gasteiger partial charge in [0.1, 0.15) is 0 Å². The molecule has 0 atom stereocenters. The number of hydrogen-bond donors (Lipinski definition) is 1. The van der Waals surface area contributed by atoms with Gasteiger partial charge in [-0.25, -0.2) is 0 Å². The molecule has 16 heavy (non-hydrogen) atoms. The van der Waals surface area contributed by atoms with E-state index in [1.165, 1.54) is 5.56 Å². The average molecular weight is 224 g/mol. The van der Waals surface area contributed by atoms with Crippen LogP contribution in [0.25, 0.3) is 0 Å². The van der Waals surface area contributed by atoms with Crippen LogP contribution < -0.4 is 0 Å². The molecule has 0 bridgehead atoms. The van der Waals surface area contributed by atoms with Gasteiger partial charge in [0.25, 0.3) is 0 Å². The fourth-order valence-corrected chi connectivity index (χ4v) is 1.87. The van der Waals surface area contributed by atoms with Gasteiger partial charge in [-0.3, -0.25) is 4.68 Å². The lowest BCUT2D eigenvalue weighted by Gasteiger charge is -2.24. The molecule has 0 saturated heterocycles. The summed E-state index contributed by atoms with van der Waals surface area (Å²) >= 11 is 0. The smallest absolute Gasteiger partial charge is 0.0709 e. The van der Waals surface area contributed by atoms with E-state index in [-0.39, 0.29) is 17.4 Å². The van der Waals surface area contributed by atoms with E-state index >= 15 is 0 Å². The zero-order chi connectivity index (χ0) is 12.6. The number of aliphatic hydroxyl groups is 1. The molecule has 1 heterocycles. The van der Waals surface area contributed by atoms with Crippen LogP contribution in [0, 0.1) is 5.41 Å². The summed E-state index contributed by atoms with van der Waals surface area (Å²) < 4.78 is 1.86. The van der Waals surface area contributed by atoms with Crippen LogP contribution in [0.1, 0.15) is 45.9 Å². The molecule has 1 rings (SSSR count). The first kappa shape index (κ1) is 13.2. The molecule has 1 aromatic heterocycles. The van der Waals surface area contributed by atoms with Gasteiger partial charge in [-0.2, -0.15) is 5.10 Å². The number of aliphatic hydroxyl groups excluding tert-OH is 1. The highest BCUT2D eigenvalue weighted by molar-refractivity contribution is 5.25. The van der Waals surface area contributed by atoms with Crippen molar-refractivity contribution in [2.45, 2.75) is 46.5 Å². The normalized spacial score (nSPS) is 13.2. The first-order valence-corrected chi connectivity index (χ1v) is 5.79. The van der Waals surface area contributed by atoms with E-state index in [0.717, 1.165) is 12.1 Å². The molecule has 0 amide bonds. The van der Waals surface area contributed by atoms with Gasteiger partial charge in [0.15, 0.2) is 0 Å². The van der Waals surface area contributed by atoms with E-state index in [4.69, 9.17) is 0 Å². The van der Waals surface area contributed by atoms with Crippen LogP contribution in [0.5, 0.6) is 0 Å². The predicted octanol–water partition coefficient (Wildman–Crippen LogP) is 2.28. The first-order chi connectivity index (χ1) is 7.15. The molecule has 1 N–H and O–H groups in total. The summed E-state index contributed by atoms with van der Waals surface area (Å²) in [5.41, 5.74) is 2.36. The number of rotatable bonds is 3. The van der Waals surface area contributed by atoms with Crippen LogP contribution in [0.3, 0.4) is 0 Å². The van der Waals surface area contributed by atoms with Crippen molar-refractivity contribution in [3.63, 3.8) is 0 Å². The summed E-state index contributed by atoms with van der Waals surface area (Å²) in [6.45, 7) is 10.9. The lowest BCUT2D eigenvalue weighted by molar-refractivity contribution is 0.159. The molecule has 3 nitrogen and oxygen atoms in total. The molecule has 0 aromatic carbocycles. The third kappa shape index (κ3) is 3.08. The molecule has 1 aromatic rings. The van der Waals surface area contributed by atoms with Crippen LogP contribution in [0.2, 0.25) is 0 Å². The average Bonchev–Trinajstić information content (AvgIpc) is 2.45. The molecule has 0 aliphatic heterocycles. The molecule has 0 spiro atoms. The molecule has 0 fully saturated rings. The van der Waals surface area contributed by atoms with E-state index in [0.29, 0.717) is 0 Å². The van der Waals surface area contributed by atoms with E-state index < -0.39 is 0 Å². The molecule has 0 aliphatic carbocycles. The maximum absolute atomic E-state index is 9.33. The highest BCUT2D eigenvalue weighted by Crippen LogP contribution is 2.29. The minimum absolute atomic E-state index is 0.0577. The molecular formula is C13H24N2O. The summed E-state index contributed by atoms with van der Waals surface area (Å²) in [4.78, 5) is 0. The number of aromatic nitrogens is 2. The number of aryl methyl sites for hydroxylation is 1. The first-order valence-electron chi connectivity index (χ1n) is 5.79. The van der Waals surface area contributed by atoms with Crippen molar-refractivity contribution in [3.05, 3.63) is 17.5 Å². The Bertz CT molecular complexity index is 358. The standard InChI is InChI=1S/C13H24N2O/c1-12(2,3)11-10(8-15(6)14-11)7-13(4,5)9-16/h8,16H,7,9H2,1-6H3. The number of hydrogen-bond acceptors (Lipinski definition) is 2. The summed E-state index contributed by atoms with van der Waals surface area (Å²) in [6, 6.07) is 0. The van der Waals surface area contributed by atoms with E-state index in [9.17, 15) is 5.11 Å². The second-order valence-corrected chi connectivity index (χ2v) is 6.43. The molecule has 0 unspecified atom stereocenters. The lowest BCUT2D eigenvalue weighted by Crippen LogP contribution is -2.22. The van der Waals surface area contributed by atoms with E-state index in [2.05, 4.69) is 45.9 Å². The van der Waals surface area contributed by atoms with Crippen molar-refractivity contribution < 1.29 is 5.11 Å². The molecule has 92 valence electrons. The van der Waals surface area contributed by atoms with Gasteiger partial charge < -0.3 is 5.11 Å². The zero-order valence-corrected chi connectivity index (χ0v) is 11.3. The Labute approximate surface area is 98.5 Å². The molecule has 0 radical (unpaired) electrons. The fourth-order valence-electron chi connectivity index (χ4n) is 1.87. The Balaban J connectivity index is 3.05. The highest BCUT2D eigenvalue weighted by Gasteiger charge is 2.26. The van der Waals surface area contributed by atoms with Gasteiger partial charge in [0.2, 0.25) is 0 Å². The Morgan fingerprint density at radius 2 is 1.81 bits per heavy atom. The van der Waals surface area contributed by atoms with Gasteiger partial charge in [-0.1, -0.05) is 34.6 Å².